The van der Waals surface area contributed by atoms with Crippen LogP contribution in [0.3, 0.4) is 0 Å². The van der Waals surface area contributed by atoms with Crippen molar-refractivity contribution in [3.05, 3.63) is 35.9 Å². The van der Waals surface area contributed by atoms with Gasteiger partial charge in [0.1, 0.15) is 0 Å². The zero-order valence-electron chi connectivity index (χ0n) is 13.6. The van der Waals surface area contributed by atoms with Crippen LogP contribution in [0.2, 0.25) is 0 Å². The summed E-state index contributed by atoms with van der Waals surface area (Å²) >= 11 is 0. The number of rotatable bonds is 6. The molecule has 1 atom stereocenters. The number of hydrogen-bond acceptors (Lipinski definition) is 2. The van der Waals surface area contributed by atoms with Crippen molar-refractivity contribution in [3.63, 3.8) is 0 Å². The first-order valence-corrected chi connectivity index (χ1v) is 7.49. The number of aliphatic imine (C=N–C) groups is 1. The summed E-state index contributed by atoms with van der Waals surface area (Å²) < 4.78 is 0. The van der Waals surface area contributed by atoms with Crippen molar-refractivity contribution in [2.24, 2.45) is 16.1 Å². The summed E-state index contributed by atoms with van der Waals surface area (Å²) in [6.07, 6.45) is 0. The van der Waals surface area contributed by atoms with Crippen LogP contribution in [0.5, 0.6) is 0 Å². The van der Waals surface area contributed by atoms with Gasteiger partial charge < -0.3 is 5.73 Å². The average Bonchev–Trinajstić information content (AvgIpc) is 2.43. The minimum Gasteiger partial charge on any atom is -0.387 e. The maximum atomic E-state index is 6.09. The molecule has 0 radical (unpaired) electrons. The van der Waals surface area contributed by atoms with Crippen molar-refractivity contribution >= 4 is 5.84 Å². The van der Waals surface area contributed by atoms with Crippen molar-refractivity contribution in [2.45, 2.75) is 40.7 Å². The third-order valence-corrected chi connectivity index (χ3v) is 3.64. The van der Waals surface area contributed by atoms with E-state index in [1.807, 2.05) is 0 Å². The van der Waals surface area contributed by atoms with Gasteiger partial charge in [-0.25, -0.2) is 0 Å². The Hall–Kier alpha value is -1.35. The summed E-state index contributed by atoms with van der Waals surface area (Å²) in [6, 6.07) is 10.9. The average molecular weight is 275 g/mol. The van der Waals surface area contributed by atoms with E-state index >= 15 is 0 Å². The van der Waals surface area contributed by atoms with Crippen molar-refractivity contribution in [3.8, 4) is 0 Å². The normalized spacial score (nSPS) is 14.6. The van der Waals surface area contributed by atoms with E-state index in [4.69, 9.17) is 5.73 Å². The Morgan fingerprint density at radius 1 is 1.15 bits per heavy atom. The van der Waals surface area contributed by atoms with Crippen molar-refractivity contribution in [2.75, 3.05) is 19.6 Å². The molecular weight excluding hydrogens is 246 g/mol. The molecule has 0 spiro atoms. The molecule has 0 aliphatic rings. The van der Waals surface area contributed by atoms with Crippen LogP contribution in [0.1, 0.15) is 46.2 Å². The van der Waals surface area contributed by atoms with Gasteiger partial charge in [0.2, 0.25) is 0 Å². The largest absolute Gasteiger partial charge is 0.387 e. The second-order valence-corrected chi connectivity index (χ2v) is 6.12. The van der Waals surface area contributed by atoms with E-state index < -0.39 is 0 Å². The minimum absolute atomic E-state index is 0.0650. The highest BCUT2D eigenvalue weighted by atomic mass is 15.2. The topological polar surface area (TPSA) is 41.6 Å². The van der Waals surface area contributed by atoms with Crippen LogP contribution in [-0.4, -0.2) is 30.4 Å². The molecule has 1 unspecified atom stereocenters. The van der Waals surface area contributed by atoms with Gasteiger partial charge in [-0.05, 0) is 18.7 Å². The molecule has 1 aromatic carbocycles. The Bertz CT molecular complexity index is 414. The van der Waals surface area contributed by atoms with Crippen molar-refractivity contribution < 1.29 is 0 Å². The van der Waals surface area contributed by atoms with Crippen molar-refractivity contribution in [1.82, 2.24) is 4.90 Å². The number of benzene rings is 1. The number of nitrogens with zero attached hydrogens (tertiary/aromatic N) is 2. The Kier molecular flexibility index (Phi) is 6.21. The monoisotopic (exact) mass is 275 g/mol. The molecule has 20 heavy (non-hydrogen) atoms. The SMILES string of the molecule is CCN(CC)C(CN=C(N)C(C)(C)C)c1ccccc1. The number of hydrogen-bond donors (Lipinski definition) is 1. The number of amidine groups is 1. The van der Waals surface area contributed by atoms with Crippen LogP contribution in [0.25, 0.3) is 0 Å². The fourth-order valence-electron chi connectivity index (χ4n) is 2.19. The van der Waals surface area contributed by atoms with E-state index in [-0.39, 0.29) is 5.41 Å². The second kappa shape index (κ2) is 7.44. The number of likely N-dealkylation sites (N-methyl/N-ethyl adjacent to an activating group) is 1. The fraction of sp³-hybridized carbons (Fsp3) is 0.588. The summed E-state index contributed by atoms with van der Waals surface area (Å²) in [6.45, 7) is 13.4. The summed E-state index contributed by atoms with van der Waals surface area (Å²) in [4.78, 5) is 7.07. The number of nitrogens with two attached hydrogens (primary N) is 1. The molecule has 0 saturated carbocycles. The highest BCUT2D eigenvalue weighted by Crippen LogP contribution is 2.22. The molecular formula is C17H29N3. The highest BCUT2D eigenvalue weighted by molar-refractivity contribution is 5.85. The molecule has 0 aromatic heterocycles. The minimum atomic E-state index is -0.0650. The molecule has 0 bridgehead atoms. The van der Waals surface area contributed by atoms with Gasteiger partial charge in [0, 0.05) is 5.41 Å². The predicted octanol–water partition coefficient (Wildman–Crippen LogP) is 3.47. The molecule has 0 heterocycles. The fourth-order valence-corrected chi connectivity index (χ4v) is 2.19. The van der Waals surface area contributed by atoms with Crippen LogP contribution in [0.4, 0.5) is 0 Å². The van der Waals surface area contributed by atoms with Gasteiger partial charge in [0.05, 0.1) is 18.4 Å². The lowest BCUT2D eigenvalue weighted by Crippen LogP contribution is -2.33. The van der Waals surface area contributed by atoms with Crippen LogP contribution in [0.15, 0.2) is 35.3 Å². The van der Waals surface area contributed by atoms with Crippen molar-refractivity contribution in [1.29, 1.82) is 0 Å². The summed E-state index contributed by atoms with van der Waals surface area (Å²) in [7, 11) is 0. The standard InChI is InChI=1S/C17H29N3/c1-6-20(7-2)15(14-11-9-8-10-12-14)13-19-16(18)17(3,4)5/h8-12,15H,6-7,13H2,1-5H3,(H2,18,19). The van der Waals surface area contributed by atoms with E-state index in [2.05, 4.69) is 74.8 Å². The molecule has 0 amide bonds. The van der Waals surface area contributed by atoms with E-state index in [0.717, 1.165) is 25.5 Å². The zero-order valence-corrected chi connectivity index (χ0v) is 13.6. The lowest BCUT2D eigenvalue weighted by Gasteiger charge is -2.29. The first-order chi connectivity index (χ1) is 9.40. The Morgan fingerprint density at radius 3 is 2.15 bits per heavy atom. The Labute approximate surface area is 123 Å². The molecule has 1 aromatic rings. The lowest BCUT2D eigenvalue weighted by molar-refractivity contribution is 0.224. The molecule has 0 saturated heterocycles. The Morgan fingerprint density at radius 2 is 1.70 bits per heavy atom. The zero-order chi connectivity index (χ0) is 15.2. The molecule has 2 N–H and O–H groups in total. The molecule has 0 aliphatic heterocycles. The maximum Gasteiger partial charge on any atom is 0.0992 e. The smallest absolute Gasteiger partial charge is 0.0992 e. The summed E-state index contributed by atoms with van der Waals surface area (Å²) in [5, 5.41) is 0. The van der Waals surface area contributed by atoms with Gasteiger partial charge in [-0.15, -0.1) is 0 Å². The molecule has 3 nitrogen and oxygen atoms in total. The molecule has 3 heteroatoms. The molecule has 1 rings (SSSR count). The molecule has 0 aliphatic carbocycles. The quantitative estimate of drug-likeness (QED) is 0.638. The maximum absolute atomic E-state index is 6.09. The highest BCUT2D eigenvalue weighted by Gasteiger charge is 2.20. The molecule has 112 valence electrons. The van der Waals surface area contributed by atoms with E-state index in [9.17, 15) is 0 Å². The van der Waals surface area contributed by atoms with Gasteiger partial charge in [-0.2, -0.15) is 0 Å². The van der Waals surface area contributed by atoms with Crippen LogP contribution in [0, 0.1) is 5.41 Å². The van der Waals surface area contributed by atoms with Crippen LogP contribution >= 0.6 is 0 Å². The van der Waals surface area contributed by atoms with E-state index in [0.29, 0.717) is 6.04 Å². The first kappa shape index (κ1) is 16.7. The third kappa shape index (κ3) is 4.64. The predicted molar refractivity (Wildman–Crippen MR) is 88.0 cm³/mol. The van der Waals surface area contributed by atoms with Crippen LogP contribution in [-0.2, 0) is 0 Å². The van der Waals surface area contributed by atoms with E-state index in [1.54, 1.807) is 0 Å². The summed E-state index contributed by atoms with van der Waals surface area (Å²) in [5.41, 5.74) is 7.33. The van der Waals surface area contributed by atoms with Gasteiger partial charge in [-0.3, -0.25) is 9.89 Å². The molecule has 0 fully saturated rings. The Balaban J connectivity index is 2.96. The third-order valence-electron chi connectivity index (χ3n) is 3.64. The van der Waals surface area contributed by atoms with Gasteiger partial charge in [0.25, 0.3) is 0 Å². The second-order valence-electron chi connectivity index (χ2n) is 6.12. The van der Waals surface area contributed by atoms with E-state index in [1.165, 1.54) is 5.56 Å². The first-order valence-electron chi connectivity index (χ1n) is 7.49. The van der Waals surface area contributed by atoms with Gasteiger partial charge in [0.15, 0.2) is 0 Å². The lowest BCUT2D eigenvalue weighted by atomic mass is 9.95. The summed E-state index contributed by atoms with van der Waals surface area (Å²) in [5.74, 6) is 0.727. The van der Waals surface area contributed by atoms with Gasteiger partial charge in [-0.1, -0.05) is 65.0 Å². The van der Waals surface area contributed by atoms with Gasteiger partial charge >= 0.3 is 0 Å². The van der Waals surface area contributed by atoms with Crippen LogP contribution < -0.4 is 5.73 Å².